The van der Waals surface area contributed by atoms with Crippen LogP contribution in [0.15, 0.2) is 35.5 Å². The van der Waals surface area contributed by atoms with Crippen molar-refractivity contribution in [1.29, 1.82) is 0 Å². The van der Waals surface area contributed by atoms with Crippen molar-refractivity contribution in [2.75, 3.05) is 6.73 Å². The lowest BCUT2D eigenvalue weighted by Crippen LogP contribution is -2.48. The van der Waals surface area contributed by atoms with Gasteiger partial charge in [0.05, 0.1) is 0 Å². The lowest BCUT2D eigenvalue weighted by Gasteiger charge is -2.20. The third kappa shape index (κ3) is 2.53. The Hall–Kier alpha value is -2.25. The van der Waals surface area contributed by atoms with Crippen molar-refractivity contribution in [3.8, 4) is 0 Å². The van der Waals surface area contributed by atoms with Gasteiger partial charge in [0.1, 0.15) is 0 Å². The smallest absolute Gasteiger partial charge is 0.370 e. The molecule has 1 heterocycles. The maximum absolute atomic E-state index is 12.5. The summed E-state index contributed by atoms with van der Waals surface area (Å²) in [6, 6.07) is 7.84. The van der Waals surface area contributed by atoms with Crippen molar-refractivity contribution in [2.24, 2.45) is 5.16 Å². The number of oxime groups is 1. The van der Waals surface area contributed by atoms with E-state index < -0.39 is 24.9 Å². The van der Waals surface area contributed by atoms with E-state index in [4.69, 9.17) is 0 Å². The van der Waals surface area contributed by atoms with E-state index in [0.717, 1.165) is 0 Å². The number of nitrogens with one attached hydrogen (secondary N) is 1. The molecule has 96 valence electrons. The fourth-order valence-corrected chi connectivity index (χ4v) is 1.30. The second-order valence-corrected chi connectivity index (χ2v) is 3.39. The second-order valence-electron chi connectivity index (χ2n) is 3.39. The van der Waals surface area contributed by atoms with Crippen molar-refractivity contribution in [3.05, 3.63) is 35.9 Å². The number of carbonyl (C=O) groups is 1. The molecule has 0 unspecified atom stereocenters. The number of amides is 1. The van der Waals surface area contributed by atoms with Crippen LogP contribution in [0.2, 0.25) is 0 Å². The predicted octanol–water partition coefficient (Wildman–Crippen LogP) is 1.50. The lowest BCUT2D eigenvalue weighted by molar-refractivity contribution is -0.229. The zero-order chi connectivity index (χ0) is 13.2. The van der Waals surface area contributed by atoms with Gasteiger partial charge in [0.25, 0.3) is 11.9 Å². The zero-order valence-corrected chi connectivity index (χ0v) is 8.94. The summed E-state index contributed by atoms with van der Waals surface area (Å²) in [5, 5.41) is 5.18. The third-order valence-corrected chi connectivity index (χ3v) is 2.16. The highest BCUT2D eigenvalue weighted by atomic mass is 19.4. The fourth-order valence-electron chi connectivity index (χ4n) is 1.30. The van der Waals surface area contributed by atoms with Gasteiger partial charge in [-0.15, -0.1) is 13.2 Å². The van der Waals surface area contributed by atoms with Gasteiger partial charge in [-0.2, -0.15) is 0 Å². The molecule has 1 aliphatic heterocycles. The average molecular weight is 259 g/mol. The highest BCUT2D eigenvalue weighted by Gasteiger charge is 2.43. The molecule has 1 aromatic carbocycles. The minimum Gasteiger partial charge on any atom is -0.370 e. The van der Waals surface area contributed by atoms with Crippen molar-refractivity contribution in [1.82, 2.24) is 10.2 Å². The van der Waals surface area contributed by atoms with E-state index >= 15 is 0 Å². The van der Waals surface area contributed by atoms with Gasteiger partial charge in [0.15, 0.2) is 6.73 Å². The molecule has 0 fully saturated rings. The Balaban J connectivity index is 2.08. The minimum absolute atomic E-state index is 0.103. The monoisotopic (exact) mass is 259 g/mol. The van der Waals surface area contributed by atoms with Crippen LogP contribution in [-0.4, -0.2) is 29.8 Å². The number of guanidine groups is 1. The largest absolute Gasteiger partial charge is 0.490 e. The number of nitrogens with zero attached hydrogens (tertiary/aromatic N) is 2. The molecule has 0 aliphatic carbocycles. The van der Waals surface area contributed by atoms with E-state index in [-0.39, 0.29) is 10.5 Å². The van der Waals surface area contributed by atoms with Gasteiger partial charge in [-0.25, -0.2) is 4.90 Å². The first-order valence-corrected chi connectivity index (χ1v) is 4.89. The summed E-state index contributed by atoms with van der Waals surface area (Å²) in [5.74, 6) is -1.36. The molecule has 0 atom stereocenters. The Bertz CT molecular complexity index is 473. The van der Waals surface area contributed by atoms with E-state index in [9.17, 15) is 18.0 Å². The summed E-state index contributed by atoms with van der Waals surface area (Å²) >= 11 is 0. The predicted molar refractivity (Wildman–Crippen MR) is 55.2 cm³/mol. The topological polar surface area (TPSA) is 53.9 Å². The summed E-state index contributed by atoms with van der Waals surface area (Å²) in [6.07, 6.45) is -4.65. The van der Waals surface area contributed by atoms with Gasteiger partial charge in [-0.1, -0.05) is 18.2 Å². The van der Waals surface area contributed by atoms with E-state index in [2.05, 4.69) is 9.99 Å². The highest BCUT2D eigenvalue weighted by Crippen LogP contribution is 2.23. The van der Waals surface area contributed by atoms with Gasteiger partial charge in [0.2, 0.25) is 0 Å². The second kappa shape index (κ2) is 4.55. The van der Waals surface area contributed by atoms with Crippen LogP contribution in [0.25, 0.3) is 0 Å². The van der Waals surface area contributed by atoms with Crippen LogP contribution in [-0.2, 0) is 4.84 Å². The first-order chi connectivity index (χ1) is 8.48. The lowest BCUT2D eigenvalue weighted by atomic mass is 10.2. The third-order valence-electron chi connectivity index (χ3n) is 2.16. The number of carbonyl (C=O) groups excluding carboxylic acids is 1. The normalized spacial score (nSPS) is 15.1. The molecule has 5 nitrogen and oxygen atoms in total. The Labute approximate surface area is 99.8 Å². The van der Waals surface area contributed by atoms with E-state index in [1.54, 1.807) is 18.2 Å². The van der Waals surface area contributed by atoms with E-state index in [0.29, 0.717) is 0 Å². The standard InChI is InChI=1S/C10H8F3N3O2/c11-10(12,13)16-6-18-15-9(16)14-8(17)7-4-2-1-3-5-7/h1-5H,6H2,(H,14,15,17). The Morgan fingerprint density at radius 1 is 1.33 bits per heavy atom. The Morgan fingerprint density at radius 2 is 2.00 bits per heavy atom. The summed E-state index contributed by atoms with van der Waals surface area (Å²) in [4.78, 5) is 15.8. The maximum atomic E-state index is 12.5. The van der Waals surface area contributed by atoms with Crippen LogP contribution >= 0.6 is 0 Å². The molecule has 0 bridgehead atoms. The molecule has 8 heteroatoms. The molecular weight excluding hydrogens is 251 g/mol. The summed E-state index contributed by atoms with van der Waals surface area (Å²) in [7, 11) is 0. The Morgan fingerprint density at radius 3 is 2.61 bits per heavy atom. The highest BCUT2D eigenvalue weighted by molar-refractivity contribution is 6.05. The molecule has 1 aromatic rings. The van der Waals surface area contributed by atoms with Gasteiger partial charge in [-0.3, -0.25) is 10.1 Å². The molecule has 2 rings (SSSR count). The van der Waals surface area contributed by atoms with E-state index in [1.165, 1.54) is 12.1 Å². The minimum atomic E-state index is -4.65. The van der Waals surface area contributed by atoms with Gasteiger partial charge >= 0.3 is 6.30 Å². The molecule has 0 saturated carbocycles. The number of hydrogen-bond donors (Lipinski definition) is 1. The first kappa shape index (κ1) is 12.2. The molecular formula is C10H8F3N3O2. The Kier molecular flexibility index (Phi) is 3.09. The van der Waals surface area contributed by atoms with Crippen LogP contribution in [0.1, 0.15) is 10.4 Å². The van der Waals surface area contributed by atoms with Gasteiger partial charge in [-0.05, 0) is 17.3 Å². The SMILES string of the molecule is O=C(NC1=NOCN1C(F)(F)F)c1ccccc1. The molecule has 1 amide bonds. The van der Waals surface area contributed by atoms with E-state index in [1.807, 2.05) is 5.32 Å². The van der Waals surface area contributed by atoms with Crippen LogP contribution in [0.3, 0.4) is 0 Å². The molecule has 0 aromatic heterocycles. The average Bonchev–Trinajstić information content (AvgIpc) is 2.78. The molecule has 0 spiro atoms. The number of hydrogen-bond acceptors (Lipinski definition) is 4. The van der Waals surface area contributed by atoms with Gasteiger partial charge < -0.3 is 4.84 Å². The van der Waals surface area contributed by atoms with Crippen molar-refractivity contribution < 1.29 is 22.8 Å². The van der Waals surface area contributed by atoms with Crippen LogP contribution < -0.4 is 5.32 Å². The maximum Gasteiger partial charge on any atom is 0.490 e. The zero-order valence-electron chi connectivity index (χ0n) is 8.94. The van der Waals surface area contributed by atoms with Crippen molar-refractivity contribution in [3.63, 3.8) is 0 Å². The number of benzene rings is 1. The molecule has 0 saturated heterocycles. The van der Waals surface area contributed by atoms with Crippen molar-refractivity contribution >= 4 is 11.9 Å². The fraction of sp³-hybridized carbons (Fsp3) is 0.200. The quantitative estimate of drug-likeness (QED) is 0.777. The summed E-state index contributed by atoms with van der Waals surface area (Å²) in [6.45, 7) is -0.770. The molecule has 18 heavy (non-hydrogen) atoms. The van der Waals surface area contributed by atoms with Crippen LogP contribution in [0.4, 0.5) is 13.2 Å². The molecule has 1 aliphatic rings. The summed E-state index contributed by atoms with van der Waals surface area (Å²) in [5.41, 5.74) is 0.231. The number of rotatable bonds is 1. The van der Waals surface area contributed by atoms with Crippen LogP contribution in [0, 0.1) is 0 Å². The number of alkyl halides is 3. The molecule has 0 radical (unpaired) electrons. The van der Waals surface area contributed by atoms with Crippen molar-refractivity contribution in [2.45, 2.75) is 6.30 Å². The van der Waals surface area contributed by atoms with Crippen LogP contribution in [0.5, 0.6) is 0 Å². The summed E-state index contributed by atoms with van der Waals surface area (Å²) < 4.78 is 37.4. The van der Waals surface area contributed by atoms with Gasteiger partial charge in [0, 0.05) is 5.56 Å². The first-order valence-electron chi connectivity index (χ1n) is 4.89. The number of halogens is 3. The molecule has 1 N–H and O–H groups in total.